The molecule has 0 aliphatic heterocycles. The van der Waals surface area contributed by atoms with Gasteiger partial charge >= 0.3 is 0 Å². The van der Waals surface area contributed by atoms with E-state index < -0.39 is 0 Å². The average molecular weight is 298 g/mol. The quantitative estimate of drug-likeness (QED) is 0.941. The van der Waals surface area contributed by atoms with E-state index in [2.05, 4.69) is 34.7 Å². The molecule has 0 spiro atoms. The van der Waals surface area contributed by atoms with Gasteiger partial charge in [0.2, 0.25) is 5.91 Å². The van der Waals surface area contributed by atoms with Crippen molar-refractivity contribution >= 4 is 5.91 Å². The summed E-state index contributed by atoms with van der Waals surface area (Å²) in [5.74, 6) is 1.18. The maximum atomic E-state index is 12.3. The molecule has 0 bridgehead atoms. The molecule has 1 N–H and O–H groups in total. The number of hydrogen-bond acceptors (Lipinski definition) is 3. The van der Waals surface area contributed by atoms with Crippen LogP contribution in [0.4, 0.5) is 0 Å². The van der Waals surface area contributed by atoms with Crippen molar-refractivity contribution in [3.8, 4) is 0 Å². The van der Waals surface area contributed by atoms with Crippen LogP contribution in [0, 0.1) is 6.92 Å². The summed E-state index contributed by atoms with van der Waals surface area (Å²) in [6, 6.07) is 12.5. The highest BCUT2D eigenvalue weighted by Crippen LogP contribution is 2.33. The highest BCUT2D eigenvalue weighted by atomic mass is 16.5. The largest absolute Gasteiger partial charge is 0.361 e. The number of nitrogens with one attached hydrogen (secondary N) is 1. The van der Waals surface area contributed by atoms with Gasteiger partial charge in [-0.3, -0.25) is 4.79 Å². The van der Waals surface area contributed by atoms with Crippen molar-refractivity contribution in [2.75, 3.05) is 0 Å². The number of carbonyl (C=O) groups excluding carboxylic acids is 1. The first-order chi connectivity index (χ1) is 10.7. The monoisotopic (exact) mass is 298 g/mol. The minimum atomic E-state index is 0.0288. The highest BCUT2D eigenvalue weighted by Gasteiger charge is 2.27. The smallest absolute Gasteiger partial charge is 0.226 e. The van der Waals surface area contributed by atoms with Crippen molar-refractivity contribution < 1.29 is 9.32 Å². The van der Waals surface area contributed by atoms with Crippen molar-refractivity contribution in [2.24, 2.45) is 0 Å². The zero-order chi connectivity index (χ0) is 15.4. The third kappa shape index (κ3) is 3.56. The van der Waals surface area contributed by atoms with Crippen molar-refractivity contribution in [2.45, 2.75) is 51.0 Å². The second kappa shape index (κ2) is 6.77. The molecule has 116 valence electrons. The van der Waals surface area contributed by atoms with Gasteiger partial charge in [-0.15, -0.1) is 0 Å². The summed E-state index contributed by atoms with van der Waals surface area (Å²) < 4.78 is 5.02. The van der Waals surface area contributed by atoms with Crippen LogP contribution < -0.4 is 5.32 Å². The predicted octanol–water partition coefficient (Wildman–Crippen LogP) is 3.37. The maximum absolute atomic E-state index is 12.3. The summed E-state index contributed by atoms with van der Waals surface area (Å²) in [6.07, 6.45) is 4.88. The molecular weight excluding hydrogens is 276 g/mol. The number of aromatic nitrogens is 1. The normalized spacial score (nSPS) is 21.5. The van der Waals surface area contributed by atoms with E-state index in [9.17, 15) is 4.79 Å². The lowest BCUT2D eigenvalue weighted by Crippen LogP contribution is -2.41. The maximum Gasteiger partial charge on any atom is 0.226 e. The minimum Gasteiger partial charge on any atom is -0.361 e. The Morgan fingerprint density at radius 2 is 2.05 bits per heavy atom. The number of benzene rings is 1. The molecule has 1 aliphatic carbocycles. The summed E-state index contributed by atoms with van der Waals surface area (Å²) in [6.45, 7) is 1.83. The lowest BCUT2D eigenvalue weighted by molar-refractivity contribution is -0.121. The van der Waals surface area contributed by atoms with Crippen LogP contribution in [-0.4, -0.2) is 17.1 Å². The van der Waals surface area contributed by atoms with Gasteiger partial charge in [-0.1, -0.05) is 48.3 Å². The summed E-state index contributed by atoms with van der Waals surface area (Å²) in [5.41, 5.74) is 2.02. The van der Waals surface area contributed by atoms with Crippen LogP contribution in [0.25, 0.3) is 0 Å². The number of rotatable bonds is 4. The Hall–Kier alpha value is -2.10. The van der Waals surface area contributed by atoms with Crippen LogP contribution >= 0.6 is 0 Å². The molecule has 1 amide bonds. The van der Waals surface area contributed by atoms with Gasteiger partial charge in [-0.25, -0.2) is 0 Å². The van der Waals surface area contributed by atoms with E-state index in [0.29, 0.717) is 11.6 Å². The van der Waals surface area contributed by atoms with Gasteiger partial charge in [0.1, 0.15) is 5.76 Å². The van der Waals surface area contributed by atoms with E-state index in [1.165, 1.54) is 18.4 Å². The fraction of sp³-hybridized carbons (Fsp3) is 0.444. The predicted molar refractivity (Wildman–Crippen MR) is 84.5 cm³/mol. The second-order valence-electron chi connectivity index (χ2n) is 6.08. The fourth-order valence-electron chi connectivity index (χ4n) is 3.33. The summed E-state index contributed by atoms with van der Waals surface area (Å²) in [5, 5.41) is 7.09. The number of amides is 1. The highest BCUT2D eigenvalue weighted by molar-refractivity contribution is 5.78. The Kier molecular flexibility index (Phi) is 4.56. The molecule has 3 rings (SSSR count). The first-order valence-corrected chi connectivity index (χ1v) is 7.99. The second-order valence-corrected chi connectivity index (χ2v) is 6.08. The Morgan fingerprint density at radius 1 is 1.27 bits per heavy atom. The van der Waals surface area contributed by atoms with E-state index in [1.807, 2.05) is 19.1 Å². The topological polar surface area (TPSA) is 55.1 Å². The van der Waals surface area contributed by atoms with E-state index in [1.54, 1.807) is 0 Å². The molecule has 2 atom stereocenters. The summed E-state index contributed by atoms with van der Waals surface area (Å²) in [4.78, 5) is 12.3. The molecule has 4 nitrogen and oxygen atoms in total. The van der Waals surface area contributed by atoms with Crippen molar-refractivity contribution in [3.05, 3.63) is 53.4 Å². The fourth-order valence-corrected chi connectivity index (χ4v) is 3.33. The zero-order valence-corrected chi connectivity index (χ0v) is 12.9. The van der Waals surface area contributed by atoms with Crippen LogP contribution in [0.5, 0.6) is 0 Å². The molecule has 0 saturated heterocycles. The molecule has 1 fully saturated rings. The molecule has 1 aromatic heterocycles. The molecule has 1 saturated carbocycles. The first-order valence-electron chi connectivity index (χ1n) is 7.99. The summed E-state index contributed by atoms with van der Waals surface area (Å²) >= 11 is 0. The minimum absolute atomic E-state index is 0.0288. The van der Waals surface area contributed by atoms with E-state index >= 15 is 0 Å². The Labute approximate surface area is 130 Å². The molecule has 0 unspecified atom stereocenters. The zero-order valence-electron chi connectivity index (χ0n) is 12.9. The molecule has 1 heterocycles. The number of carbonyl (C=O) groups is 1. The first kappa shape index (κ1) is 14.8. The van der Waals surface area contributed by atoms with Gasteiger partial charge in [0, 0.05) is 18.0 Å². The number of nitrogens with zero attached hydrogens (tertiary/aromatic N) is 1. The van der Waals surface area contributed by atoms with E-state index in [0.717, 1.165) is 18.6 Å². The van der Waals surface area contributed by atoms with Gasteiger partial charge in [0.05, 0.1) is 12.1 Å². The SMILES string of the molecule is Cc1cc(CC(=O)N[C@H]2CCCC[C@@H]2c2ccccc2)no1. The van der Waals surface area contributed by atoms with Gasteiger partial charge in [-0.2, -0.15) is 0 Å². The van der Waals surface area contributed by atoms with Gasteiger partial charge in [0.25, 0.3) is 0 Å². The lowest BCUT2D eigenvalue weighted by atomic mass is 9.80. The van der Waals surface area contributed by atoms with E-state index in [4.69, 9.17) is 4.52 Å². The summed E-state index contributed by atoms with van der Waals surface area (Å²) in [7, 11) is 0. The van der Waals surface area contributed by atoms with Crippen LogP contribution in [0.3, 0.4) is 0 Å². The Bertz CT molecular complexity index is 621. The van der Waals surface area contributed by atoms with Crippen LogP contribution in [0.2, 0.25) is 0 Å². The van der Waals surface area contributed by atoms with Gasteiger partial charge < -0.3 is 9.84 Å². The third-order valence-electron chi connectivity index (χ3n) is 4.36. The van der Waals surface area contributed by atoms with Gasteiger partial charge in [0.15, 0.2) is 0 Å². The lowest BCUT2D eigenvalue weighted by Gasteiger charge is -2.32. The molecule has 1 aliphatic rings. The van der Waals surface area contributed by atoms with E-state index in [-0.39, 0.29) is 18.4 Å². The molecule has 2 aromatic rings. The molecule has 22 heavy (non-hydrogen) atoms. The van der Waals surface area contributed by atoms with Crippen molar-refractivity contribution in [3.63, 3.8) is 0 Å². The molecule has 0 radical (unpaired) electrons. The van der Waals surface area contributed by atoms with Crippen LogP contribution in [0.1, 0.15) is 48.6 Å². The van der Waals surface area contributed by atoms with Crippen molar-refractivity contribution in [1.82, 2.24) is 10.5 Å². The number of hydrogen-bond donors (Lipinski definition) is 1. The van der Waals surface area contributed by atoms with Crippen LogP contribution in [0.15, 0.2) is 40.9 Å². The standard InChI is InChI=1S/C18H22N2O2/c1-13-11-15(20-22-13)12-18(21)19-17-10-6-5-9-16(17)14-7-3-2-4-8-14/h2-4,7-8,11,16-17H,5-6,9-10,12H2,1H3,(H,19,21)/t16-,17+/m1/s1. The Balaban J connectivity index is 1.65. The number of aryl methyl sites for hydroxylation is 1. The average Bonchev–Trinajstić information content (AvgIpc) is 2.93. The van der Waals surface area contributed by atoms with Crippen LogP contribution in [-0.2, 0) is 11.2 Å². The Morgan fingerprint density at radius 3 is 2.77 bits per heavy atom. The third-order valence-corrected chi connectivity index (χ3v) is 4.36. The molecule has 1 aromatic carbocycles. The molecular formula is C18H22N2O2. The molecule has 4 heteroatoms. The van der Waals surface area contributed by atoms with Crippen molar-refractivity contribution in [1.29, 1.82) is 0 Å². The van der Waals surface area contributed by atoms with Gasteiger partial charge in [-0.05, 0) is 25.3 Å².